The predicted octanol–water partition coefficient (Wildman–Crippen LogP) is 3.37. The standard InChI is InChI=1S/C24H19ClF9N9O3.ClH/c25-12-5-3-11(4-6-12)17-40-42(21(46)41(17)9-15(44)24(32,33)34)10-16-38-19(20(45)37-8-14(35)23(29,30)31)43(39-16)18-13(22(26,27)28)2-1-7-36-18;/h1-7,14-15,44H,8-10,35H2,(H,37,45);1H/t14?,15-;/m0./s1. The Morgan fingerprint density at radius 1 is 1.00 bits per heavy atom. The highest BCUT2D eigenvalue weighted by Gasteiger charge is 2.40. The third-order valence-corrected chi connectivity index (χ3v) is 6.35. The number of benzene rings is 1. The van der Waals surface area contributed by atoms with Gasteiger partial charge in [-0.1, -0.05) is 11.6 Å². The van der Waals surface area contributed by atoms with Crippen LogP contribution in [0.4, 0.5) is 39.5 Å². The molecule has 0 saturated carbocycles. The van der Waals surface area contributed by atoms with Gasteiger partial charge in [-0.15, -0.1) is 22.6 Å². The van der Waals surface area contributed by atoms with Gasteiger partial charge in [-0.2, -0.15) is 44.2 Å². The van der Waals surface area contributed by atoms with Crippen LogP contribution >= 0.6 is 24.0 Å². The molecule has 1 amide bonds. The largest absolute Gasteiger partial charge is 0.420 e. The Balaban J connectivity index is 0.00000600. The van der Waals surface area contributed by atoms with Gasteiger partial charge in [0.25, 0.3) is 5.91 Å². The fourth-order valence-electron chi connectivity index (χ4n) is 3.83. The monoisotopic (exact) mass is 723 g/mol. The van der Waals surface area contributed by atoms with Crippen LogP contribution in [0.1, 0.15) is 22.0 Å². The number of aliphatic hydroxyl groups excluding tert-OH is 1. The Labute approximate surface area is 267 Å². The average molecular weight is 724 g/mol. The van der Waals surface area contributed by atoms with Crippen LogP contribution in [0.15, 0.2) is 47.4 Å². The second kappa shape index (κ2) is 13.9. The molecular weight excluding hydrogens is 704 g/mol. The average Bonchev–Trinajstić information content (AvgIpc) is 3.52. The molecule has 1 aromatic carbocycles. The number of nitrogens with two attached hydrogens (primary N) is 1. The Morgan fingerprint density at radius 3 is 2.21 bits per heavy atom. The molecule has 23 heteroatoms. The third kappa shape index (κ3) is 8.58. The number of carbonyl (C=O) groups is 1. The minimum Gasteiger partial charge on any atom is -0.382 e. The highest BCUT2D eigenvalue weighted by atomic mass is 35.5. The van der Waals surface area contributed by atoms with Gasteiger partial charge < -0.3 is 16.2 Å². The van der Waals surface area contributed by atoms with Gasteiger partial charge in [0.1, 0.15) is 18.2 Å². The molecule has 4 aromatic rings. The molecule has 0 fully saturated rings. The maximum atomic E-state index is 13.8. The fraction of sp³-hybridized carbons (Fsp3) is 0.333. The molecule has 0 aliphatic heterocycles. The molecule has 0 aliphatic rings. The molecule has 0 saturated heterocycles. The lowest BCUT2D eigenvalue weighted by atomic mass is 10.2. The van der Waals surface area contributed by atoms with Crippen molar-refractivity contribution in [3.63, 3.8) is 0 Å². The van der Waals surface area contributed by atoms with E-state index in [4.69, 9.17) is 17.3 Å². The molecule has 47 heavy (non-hydrogen) atoms. The molecule has 0 aliphatic carbocycles. The van der Waals surface area contributed by atoms with Gasteiger partial charge in [0.05, 0.1) is 6.54 Å². The first-order chi connectivity index (χ1) is 21.3. The Bertz CT molecular complexity index is 1770. The van der Waals surface area contributed by atoms with Crippen LogP contribution in [0.5, 0.6) is 0 Å². The zero-order chi connectivity index (χ0) is 34.2. The van der Waals surface area contributed by atoms with Crippen molar-refractivity contribution in [1.82, 2.24) is 39.4 Å². The van der Waals surface area contributed by atoms with Crippen LogP contribution in [0, 0.1) is 0 Å². The highest BCUT2D eigenvalue weighted by Crippen LogP contribution is 2.33. The molecule has 4 rings (SSSR count). The topological polar surface area (TPSA) is 159 Å². The Hall–Kier alpha value is -4.21. The van der Waals surface area contributed by atoms with Crippen LogP contribution in [-0.2, 0) is 19.3 Å². The first kappa shape index (κ1) is 37.2. The van der Waals surface area contributed by atoms with Gasteiger partial charge in [0.2, 0.25) is 5.82 Å². The summed E-state index contributed by atoms with van der Waals surface area (Å²) in [5.74, 6) is -4.52. The normalized spacial score (nSPS) is 13.6. The van der Waals surface area contributed by atoms with E-state index in [0.29, 0.717) is 15.3 Å². The van der Waals surface area contributed by atoms with Gasteiger partial charge in [-0.25, -0.2) is 19.4 Å². The summed E-state index contributed by atoms with van der Waals surface area (Å²) in [5.41, 5.74) is 2.35. The molecule has 12 nitrogen and oxygen atoms in total. The maximum absolute atomic E-state index is 13.8. The van der Waals surface area contributed by atoms with Gasteiger partial charge in [-0.05, 0) is 36.4 Å². The second-order valence-corrected chi connectivity index (χ2v) is 9.87. The van der Waals surface area contributed by atoms with Crippen molar-refractivity contribution >= 4 is 29.9 Å². The minimum absolute atomic E-state index is 0. The summed E-state index contributed by atoms with van der Waals surface area (Å²) < 4.78 is 121. The number of nitrogens with zero attached hydrogens (tertiary/aromatic N) is 7. The van der Waals surface area contributed by atoms with E-state index in [2.05, 4.69) is 20.2 Å². The van der Waals surface area contributed by atoms with E-state index in [9.17, 15) is 54.2 Å². The zero-order valence-electron chi connectivity index (χ0n) is 23.0. The van der Waals surface area contributed by atoms with E-state index in [-0.39, 0.29) is 27.7 Å². The SMILES string of the molecule is Cl.NC(CNC(=O)c1nc(Cn2nc(-c3ccc(Cl)cc3)n(C[C@H](O)C(F)(F)F)c2=O)nn1-c1ncccc1C(F)(F)F)C(F)(F)F. The molecule has 0 spiro atoms. The van der Waals surface area contributed by atoms with Crippen LogP contribution in [0.2, 0.25) is 5.02 Å². The number of hydrogen-bond donors (Lipinski definition) is 3. The number of aliphatic hydroxyl groups is 1. The molecule has 3 aromatic heterocycles. The summed E-state index contributed by atoms with van der Waals surface area (Å²) in [7, 11) is 0. The van der Waals surface area contributed by atoms with Gasteiger partial charge in [-0.3, -0.25) is 9.36 Å². The number of rotatable bonds is 9. The summed E-state index contributed by atoms with van der Waals surface area (Å²) in [6.45, 7) is -3.41. The van der Waals surface area contributed by atoms with Crippen LogP contribution < -0.4 is 16.7 Å². The molecule has 4 N–H and O–H groups in total. The smallest absolute Gasteiger partial charge is 0.382 e. The van der Waals surface area contributed by atoms with Crippen LogP contribution in [0.3, 0.4) is 0 Å². The van der Waals surface area contributed by atoms with Crippen molar-refractivity contribution in [1.29, 1.82) is 0 Å². The molecule has 0 radical (unpaired) electrons. The second-order valence-electron chi connectivity index (χ2n) is 9.43. The van der Waals surface area contributed by atoms with E-state index in [1.807, 2.05) is 0 Å². The molecule has 3 heterocycles. The number of halogens is 11. The van der Waals surface area contributed by atoms with Crippen molar-refractivity contribution in [2.24, 2.45) is 5.73 Å². The third-order valence-electron chi connectivity index (χ3n) is 6.10. The van der Waals surface area contributed by atoms with Gasteiger partial charge in [0, 0.05) is 23.3 Å². The summed E-state index contributed by atoms with van der Waals surface area (Å²) in [6, 6.07) is 4.17. The Morgan fingerprint density at radius 2 is 1.64 bits per heavy atom. The number of hydrogen-bond acceptors (Lipinski definition) is 8. The fourth-order valence-corrected chi connectivity index (χ4v) is 3.96. The maximum Gasteiger partial charge on any atom is 0.420 e. The molecule has 1 unspecified atom stereocenters. The zero-order valence-corrected chi connectivity index (χ0v) is 24.5. The first-order valence-electron chi connectivity index (χ1n) is 12.5. The molecule has 256 valence electrons. The quantitative estimate of drug-likeness (QED) is 0.222. The molecule has 0 bridgehead atoms. The van der Waals surface area contributed by atoms with Crippen molar-refractivity contribution in [2.45, 2.75) is 43.8 Å². The van der Waals surface area contributed by atoms with Crippen molar-refractivity contribution in [3.05, 3.63) is 75.3 Å². The molecule has 2 atom stereocenters. The number of pyridine rings is 1. The van der Waals surface area contributed by atoms with Gasteiger partial charge in [0.15, 0.2) is 23.6 Å². The first-order valence-corrected chi connectivity index (χ1v) is 12.9. The molecular formula is C24H20Cl2F9N9O3. The van der Waals surface area contributed by atoms with Crippen molar-refractivity contribution in [3.8, 4) is 17.2 Å². The number of aromatic nitrogens is 7. The summed E-state index contributed by atoms with van der Waals surface area (Å²) >= 11 is 5.85. The number of carbonyl (C=O) groups excluding carboxylic acids is 1. The van der Waals surface area contributed by atoms with Crippen LogP contribution in [-0.4, -0.2) is 76.2 Å². The lowest BCUT2D eigenvalue weighted by Crippen LogP contribution is -2.47. The lowest BCUT2D eigenvalue weighted by Gasteiger charge is -2.16. The highest BCUT2D eigenvalue weighted by molar-refractivity contribution is 6.30. The van der Waals surface area contributed by atoms with Crippen molar-refractivity contribution < 1.29 is 49.4 Å². The summed E-state index contributed by atoms with van der Waals surface area (Å²) in [4.78, 5) is 33.4. The Kier molecular flexibility index (Phi) is 11.0. The van der Waals surface area contributed by atoms with E-state index >= 15 is 0 Å². The van der Waals surface area contributed by atoms with Crippen LogP contribution in [0.25, 0.3) is 17.2 Å². The van der Waals surface area contributed by atoms with Gasteiger partial charge >= 0.3 is 24.2 Å². The van der Waals surface area contributed by atoms with E-state index < -0.39 is 90.8 Å². The number of alkyl halides is 9. The van der Waals surface area contributed by atoms with E-state index in [1.165, 1.54) is 24.3 Å². The number of nitrogens with one attached hydrogen (secondary N) is 1. The van der Waals surface area contributed by atoms with E-state index in [0.717, 1.165) is 12.3 Å². The van der Waals surface area contributed by atoms with E-state index in [1.54, 1.807) is 5.32 Å². The summed E-state index contributed by atoms with van der Waals surface area (Å²) in [5, 5.41) is 19.4. The lowest BCUT2D eigenvalue weighted by molar-refractivity contribution is -0.207. The predicted molar refractivity (Wildman–Crippen MR) is 146 cm³/mol. The summed E-state index contributed by atoms with van der Waals surface area (Å²) in [6.07, 6.45) is -17.3. The number of amides is 1. The minimum atomic E-state index is -5.14. The van der Waals surface area contributed by atoms with Crippen molar-refractivity contribution in [2.75, 3.05) is 6.54 Å².